The van der Waals surface area contributed by atoms with Gasteiger partial charge < -0.3 is 37.9 Å². The van der Waals surface area contributed by atoms with E-state index < -0.39 is 57.4 Å². The van der Waals surface area contributed by atoms with Crippen LogP contribution in [0.3, 0.4) is 0 Å². The molecule has 8 bridgehead atoms. The van der Waals surface area contributed by atoms with Crippen LogP contribution in [0.2, 0.25) is 0 Å². The second-order valence-corrected chi connectivity index (χ2v) is 10.8. The predicted molar refractivity (Wildman–Crippen MR) is 134 cm³/mol. The molecular formula is C28H32O12. The van der Waals surface area contributed by atoms with E-state index in [1.807, 2.05) is 0 Å². The largest absolute Gasteiger partial charge is 0.493 e. The molecule has 40 heavy (non-hydrogen) atoms. The quantitative estimate of drug-likeness (QED) is 0.485. The fourth-order valence-corrected chi connectivity index (χ4v) is 6.19. The molecule has 6 aliphatic heterocycles. The van der Waals surface area contributed by atoms with Gasteiger partial charge >= 0.3 is 0 Å². The van der Waals surface area contributed by atoms with Crippen LogP contribution in [0, 0.1) is 0 Å². The van der Waals surface area contributed by atoms with Gasteiger partial charge in [0, 0.05) is 14.2 Å². The van der Waals surface area contributed by atoms with Gasteiger partial charge in [-0.3, -0.25) is 19.2 Å². The van der Waals surface area contributed by atoms with Crippen LogP contribution < -0.4 is 0 Å². The van der Waals surface area contributed by atoms with Crippen molar-refractivity contribution < 1.29 is 57.1 Å². The molecule has 8 atom stereocenters. The third-order valence-corrected chi connectivity index (χ3v) is 9.24. The summed E-state index contributed by atoms with van der Waals surface area (Å²) in [4.78, 5) is 50.7. The summed E-state index contributed by atoms with van der Waals surface area (Å²) >= 11 is 0. The lowest BCUT2D eigenvalue weighted by molar-refractivity contribution is -0.255. The van der Waals surface area contributed by atoms with E-state index in [2.05, 4.69) is 0 Å². The highest BCUT2D eigenvalue weighted by molar-refractivity contribution is 6.13. The van der Waals surface area contributed by atoms with Crippen molar-refractivity contribution in [2.75, 3.05) is 28.4 Å². The summed E-state index contributed by atoms with van der Waals surface area (Å²) in [7, 11) is 5.67. The van der Waals surface area contributed by atoms with Gasteiger partial charge in [0.2, 0.25) is 34.3 Å². The Bertz CT molecular complexity index is 1220. The summed E-state index contributed by atoms with van der Waals surface area (Å²) in [6, 6.07) is 0. The average molecular weight is 561 g/mol. The Labute approximate surface area is 230 Å². The van der Waals surface area contributed by atoms with Crippen LogP contribution in [0.15, 0.2) is 48.3 Å². The number of methoxy groups -OCH3 is 4. The van der Waals surface area contributed by atoms with Gasteiger partial charge in [-0.25, -0.2) is 0 Å². The van der Waals surface area contributed by atoms with Crippen molar-refractivity contribution in [3.8, 4) is 0 Å². The van der Waals surface area contributed by atoms with Crippen molar-refractivity contribution in [1.29, 1.82) is 0 Å². The summed E-state index contributed by atoms with van der Waals surface area (Å²) in [5, 5.41) is 0. The smallest absolute Gasteiger partial charge is 0.233 e. The van der Waals surface area contributed by atoms with Crippen molar-refractivity contribution >= 4 is 23.1 Å². The lowest BCUT2D eigenvalue weighted by Crippen LogP contribution is -2.78. The maximum atomic E-state index is 12.8. The predicted octanol–water partition coefficient (Wildman–Crippen LogP) is 1.03. The van der Waals surface area contributed by atoms with Crippen LogP contribution in [0.5, 0.6) is 0 Å². The molecule has 12 heteroatoms. The number of hydrogen-bond donors (Lipinski definition) is 0. The zero-order valence-electron chi connectivity index (χ0n) is 23.5. The van der Waals surface area contributed by atoms with Crippen LogP contribution in [0.1, 0.15) is 27.7 Å². The normalized spacial score (nSPS) is 45.8. The first kappa shape index (κ1) is 28.2. The summed E-state index contributed by atoms with van der Waals surface area (Å²) in [5.74, 6) is -1.16. The van der Waals surface area contributed by atoms with Gasteiger partial charge in [0.1, 0.15) is 12.2 Å². The molecule has 0 aromatic rings. The second kappa shape index (κ2) is 8.59. The highest BCUT2D eigenvalue weighted by Crippen LogP contribution is 2.52. The van der Waals surface area contributed by atoms with Gasteiger partial charge in [0.05, 0.1) is 26.7 Å². The minimum atomic E-state index is -1.45. The summed E-state index contributed by atoms with van der Waals surface area (Å²) in [6.07, 6.45) is 7.34. The molecule has 0 N–H and O–H groups in total. The molecule has 0 aliphatic carbocycles. The minimum Gasteiger partial charge on any atom is -0.493 e. The van der Waals surface area contributed by atoms with Gasteiger partial charge in [-0.05, 0) is 52.0 Å². The van der Waals surface area contributed by atoms with Crippen LogP contribution in [0.25, 0.3) is 0 Å². The molecule has 6 rings (SSSR count). The number of Topliss-reactive ketones (excluding diaryl/α,β-unsaturated/α-hetero) is 4. The van der Waals surface area contributed by atoms with Crippen molar-refractivity contribution in [2.45, 2.75) is 73.5 Å². The van der Waals surface area contributed by atoms with Crippen LogP contribution in [-0.2, 0) is 57.1 Å². The topological polar surface area (TPSA) is 142 Å². The van der Waals surface area contributed by atoms with E-state index in [-0.39, 0.29) is 23.1 Å². The molecule has 0 unspecified atom stereocenters. The van der Waals surface area contributed by atoms with Crippen molar-refractivity contribution in [3.63, 3.8) is 0 Å². The first-order valence-corrected chi connectivity index (χ1v) is 12.6. The van der Waals surface area contributed by atoms with Crippen molar-refractivity contribution in [3.05, 3.63) is 48.3 Å². The highest BCUT2D eigenvalue weighted by atomic mass is 16.6. The zero-order valence-corrected chi connectivity index (χ0v) is 23.5. The average Bonchev–Trinajstić information content (AvgIpc) is 2.94. The zero-order chi connectivity index (χ0) is 29.5. The van der Waals surface area contributed by atoms with Gasteiger partial charge in [0.25, 0.3) is 0 Å². The Morgan fingerprint density at radius 2 is 0.950 bits per heavy atom. The molecule has 6 heterocycles. The molecule has 0 aromatic carbocycles. The fraction of sp³-hybridized carbons (Fsp3) is 0.571. The summed E-state index contributed by atoms with van der Waals surface area (Å²) in [5.41, 5.74) is -8.38. The van der Waals surface area contributed by atoms with E-state index >= 15 is 0 Å². The molecule has 2 fully saturated rings. The molecule has 0 spiro atoms. The molecule has 0 saturated carbocycles. The van der Waals surface area contributed by atoms with E-state index in [1.54, 1.807) is 27.7 Å². The standard InChI is InChI=1S/2C14H16O6/c2*1-12-10(15)8(17-3)7-9(20-12)14(18-4)5-6-19-13(12,2)11(14)16/h2*5-7,9H,1-4H3/t2*9-,12+,13-,14+/m11/s1. The number of rotatable bonds is 4. The maximum Gasteiger partial charge on any atom is 0.233 e. The highest BCUT2D eigenvalue weighted by Gasteiger charge is 2.74. The Balaban J connectivity index is 0.000000161. The van der Waals surface area contributed by atoms with E-state index in [0.29, 0.717) is 0 Å². The van der Waals surface area contributed by atoms with Gasteiger partial charge in [-0.1, -0.05) is 0 Å². The third-order valence-electron chi connectivity index (χ3n) is 9.24. The maximum absolute atomic E-state index is 12.8. The fourth-order valence-electron chi connectivity index (χ4n) is 6.19. The lowest BCUT2D eigenvalue weighted by Gasteiger charge is -2.57. The number of ether oxygens (including phenoxy) is 8. The number of carbonyl (C=O) groups is 4. The minimum absolute atomic E-state index is 0.155. The van der Waals surface area contributed by atoms with Crippen LogP contribution >= 0.6 is 0 Å². The number of ketones is 4. The monoisotopic (exact) mass is 560 g/mol. The molecule has 0 radical (unpaired) electrons. The van der Waals surface area contributed by atoms with Crippen molar-refractivity contribution in [1.82, 2.24) is 0 Å². The Hall–Kier alpha value is -3.32. The number of fused-ring (bicyclic) bond motifs is 12. The van der Waals surface area contributed by atoms with E-state index in [4.69, 9.17) is 37.9 Å². The van der Waals surface area contributed by atoms with E-state index in [1.165, 1.54) is 65.3 Å². The number of carbonyl (C=O) groups excluding carboxylic acids is 4. The second-order valence-electron chi connectivity index (χ2n) is 10.8. The van der Waals surface area contributed by atoms with Gasteiger partial charge in [0.15, 0.2) is 33.9 Å². The molecular weight excluding hydrogens is 528 g/mol. The first-order chi connectivity index (χ1) is 18.7. The lowest BCUT2D eigenvalue weighted by atomic mass is 9.65. The molecule has 0 aromatic heterocycles. The van der Waals surface area contributed by atoms with Gasteiger partial charge in [-0.2, -0.15) is 0 Å². The van der Waals surface area contributed by atoms with Crippen molar-refractivity contribution in [2.24, 2.45) is 0 Å². The third kappa shape index (κ3) is 2.99. The molecule has 2 saturated heterocycles. The molecule has 6 aliphatic rings. The van der Waals surface area contributed by atoms with Gasteiger partial charge in [-0.15, -0.1) is 0 Å². The van der Waals surface area contributed by atoms with E-state index in [9.17, 15) is 19.2 Å². The Morgan fingerprint density at radius 1 is 0.600 bits per heavy atom. The molecule has 216 valence electrons. The summed E-state index contributed by atoms with van der Waals surface area (Å²) < 4.78 is 43.8. The molecule has 0 amide bonds. The SMILES string of the molecule is COC1=C[C@H]2O[C@@](C)(C1=O)[C@]1(C)OC=C[C@@]2(OC)C1=O.COC1=C[C@H]2O[C@@](C)(C1=O)[C@]1(C)OC=C[C@@]2(OC)C1=O. The van der Waals surface area contributed by atoms with Crippen LogP contribution in [-0.4, -0.2) is 97.4 Å². The Morgan fingerprint density at radius 3 is 1.25 bits per heavy atom. The summed E-state index contributed by atoms with van der Waals surface area (Å²) in [6.45, 7) is 6.18. The van der Waals surface area contributed by atoms with Crippen LogP contribution in [0.4, 0.5) is 0 Å². The molecule has 12 nitrogen and oxygen atoms in total. The number of hydrogen-bond acceptors (Lipinski definition) is 12. The first-order valence-electron chi connectivity index (χ1n) is 12.6. The van der Waals surface area contributed by atoms with E-state index in [0.717, 1.165) is 0 Å². The Kier molecular flexibility index (Phi) is 6.06.